The predicted molar refractivity (Wildman–Crippen MR) is 58.5 cm³/mol. The molecule has 1 aromatic rings. The minimum atomic E-state index is -0.482. The smallest absolute Gasteiger partial charge is 0.339 e. The molecule has 0 saturated heterocycles. The third-order valence-corrected chi connectivity index (χ3v) is 2.38. The second-order valence-corrected chi connectivity index (χ2v) is 3.53. The van der Waals surface area contributed by atoms with Crippen LogP contribution < -0.4 is 0 Å². The summed E-state index contributed by atoms with van der Waals surface area (Å²) < 4.78 is 4.80. The average Bonchev–Trinajstić information content (AvgIpc) is 2.62. The van der Waals surface area contributed by atoms with Gasteiger partial charge in [0.15, 0.2) is 0 Å². The van der Waals surface area contributed by atoms with Crippen LogP contribution in [0.25, 0.3) is 16.0 Å². The highest BCUT2D eigenvalue weighted by molar-refractivity contribution is 6.30. The van der Waals surface area contributed by atoms with Crippen molar-refractivity contribution >= 4 is 23.1 Å². The number of azide groups is 1. The second-order valence-electron chi connectivity index (χ2n) is 3.09. The molecule has 0 fully saturated rings. The van der Waals surface area contributed by atoms with E-state index in [1.54, 1.807) is 24.3 Å². The summed E-state index contributed by atoms with van der Waals surface area (Å²) >= 11 is 5.74. The van der Waals surface area contributed by atoms with E-state index in [1.165, 1.54) is 0 Å². The predicted octanol–water partition coefficient (Wildman–Crippen LogP) is 2.92. The van der Waals surface area contributed by atoms with Crippen molar-refractivity contribution in [2.45, 2.75) is 0 Å². The first-order valence-electron chi connectivity index (χ1n) is 4.43. The second kappa shape index (κ2) is 4.26. The molecule has 0 amide bonds. The molecule has 0 saturated carbocycles. The van der Waals surface area contributed by atoms with Gasteiger partial charge in [0.1, 0.15) is 6.61 Å². The summed E-state index contributed by atoms with van der Waals surface area (Å²) in [5, 5.41) is 4.01. The molecule has 0 aliphatic carbocycles. The molecule has 1 aromatic carbocycles. The summed E-state index contributed by atoms with van der Waals surface area (Å²) in [6.45, 7) is 0.0147. The number of cyclic esters (lactones) is 1. The van der Waals surface area contributed by atoms with Crippen LogP contribution >= 0.6 is 11.6 Å². The summed E-state index contributed by atoms with van der Waals surface area (Å²) in [6, 6.07) is 6.67. The van der Waals surface area contributed by atoms with Gasteiger partial charge in [-0.2, -0.15) is 0 Å². The SMILES string of the molecule is [N-]=[N+]=NC1=C(c2ccc(Cl)cc2)C(=O)OC1. The summed E-state index contributed by atoms with van der Waals surface area (Å²) in [5.74, 6) is -0.482. The molecule has 1 aliphatic rings. The zero-order valence-corrected chi connectivity index (χ0v) is 8.81. The summed E-state index contributed by atoms with van der Waals surface area (Å²) in [6.07, 6.45) is 0. The largest absolute Gasteiger partial charge is 0.457 e. The number of hydrogen-bond donors (Lipinski definition) is 0. The highest BCUT2D eigenvalue weighted by atomic mass is 35.5. The lowest BCUT2D eigenvalue weighted by Gasteiger charge is -2.00. The Hall–Kier alpha value is -1.97. The molecule has 0 spiro atoms. The Morgan fingerprint density at radius 3 is 2.69 bits per heavy atom. The maximum absolute atomic E-state index is 11.4. The van der Waals surface area contributed by atoms with E-state index in [4.69, 9.17) is 21.9 Å². The van der Waals surface area contributed by atoms with Gasteiger partial charge >= 0.3 is 5.97 Å². The van der Waals surface area contributed by atoms with Crippen molar-refractivity contribution in [1.29, 1.82) is 0 Å². The van der Waals surface area contributed by atoms with Crippen molar-refractivity contribution in [1.82, 2.24) is 0 Å². The van der Waals surface area contributed by atoms with Gasteiger partial charge in [-0.1, -0.05) is 28.8 Å². The van der Waals surface area contributed by atoms with Crippen LogP contribution in [0.4, 0.5) is 0 Å². The number of esters is 1. The molecule has 0 bridgehead atoms. The molecule has 5 nitrogen and oxygen atoms in total. The Kier molecular flexibility index (Phi) is 2.81. The molecule has 16 heavy (non-hydrogen) atoms. The Morgan fingerprint density at radius 2 is 2.06 bits per heavy atom. The molecule has 1 aliphatic heterocycles. The third-order valence-electron chi connectivity index (χ3n) is 2.13. The van der Waals surface area contributed by atoms with Crippen molar-refractivity contribution in [2.75, 3.05) is 6.61 Å². The van der Waals surface area contributed by atoms with Crippen LogP contribution in [-0.4, -0.2) is 12.6 Å². The topological polar surface area (TPSA) is 75.1 Å². The molecule has 6 heteroatoms. The molecule has 0 atom stereocenters. The van der Waals surface area contributed by atoms with Gasteiger partial charge in [0, 0.05) is 9.93 Å². The Bertz CT molecular complexity index is 515. The van der Waals surface area contributed by atoms with Crippen molar-refractivity contribution < 1.29 is 9.53 Å². The van der Waals surface area contributed by atoms with Gasteiger partial charge in [-0.15, -0.1) is 0 Å². The van der Waals surface area contributed by atoms with E-state index in [9.17, 15) is 4.79 Å². The quantitative estimate of drug-likeness (QED) is 0.342. The van der Waals surface area contributed by atoms with E-state index in [1.807, 2.05) is 0 Å². The summed E-state index contributed by atoms with van der Waals surface area (Å²) in [7, 11) is 0. The van der Waals surface area contributed by atoms with E-state index in [0.29, 0.717) is 21.9 Å². The first kappa shape index (κ1) is 10.5. The molecule has 0 radical (unpaired) electrons. The summed E-state index contributed by atoms with van der Waals surface area (Å²) in [5.41, 5.74) is 9.59. The van der Waals surface area contributed by atoms with Gasteiger partial charge in [0.2, 0.25) is 0 Å². The first-order chi connectivity index (χ1) is 7.72. The Labute approximate surface area is 95.9 Å². The lowest BCUT2D eigenvalue weighted by molar-refractivity contribution is -0.134. The molecular weight excluding hydrogens is 230 g/mol. The van der Waals surface area contributed by atoms with Gasteiger partial charge in [0.25, 0.3) is 0 Å². The summed E-state index contributed by atoms with van der Waals surface area (Å²) in [4.78, 5) is 14.1. The fourth-order valence-corrected chi connectivity index (χ4v) is 1.56. The van der Waals surface area contributed by atoms with Crippen LogP contribution in [-0.2, 0) is 9.53 Å². The van der Waals surface area contributed by atoms with Gasteiger partial charge < -0.3 is 4.74 Å². The lowest BCUT2D eigenvalue weighted by Crippen LogP contribution is -1.98. The molecule has 0 aromatic heterocycles. The number of carbonyl (C=O) groups is 1. The van der Waals surface area contributed by atoms with Crippen molar-refractivity contribution in [3.05, 3.63) is 51.0 Å². The number of carbonyl (C=O) groups excluding carboxylic acids is 1. The third kappa shape index (κ3) is 1.86. The maximum Gasteiger partial charge on any atom is 0.339 e. The van der Waals surface area contributed by atoms with E-state index in [0.717, 1.165) is 0 Å². The highest BCUT2D eigenvalue weighted by Gasteiger charge is 2.25. The monoisotopic (exact) mass is 235 g/mol. The first-order valence-corrected chi connectivity index (χ1v) is 4.81. The van der Waals surface area contributed by atoms with Crippen molar-refractivity contribution in [3.8, 4) is 0 Å². The van der Waals surface area contributed by atoms with Crippen molar-refractivity contribution in [3.63, 3.8) is 0 Å². The standard InChI is InChI=1S/C10H6ClN3O2/c11-7-3-1-6(2-4-7)9-8(13-14-12)5-16-10(9)15/h1-4H,5H2. The van der Waals surface area contributed by atoms with Crippen LogP contribution in [0.3, 0.4) is 0 Å². The number of nitrogens with zero attached hydrogens (tertiary/aromatic N) is 3. The number of halogens is 1. The van der Waals surface area contributed by atoms with Gasteiger partial charge in [-0.25, -0.2) is 4.79 Å². The van der Waals surface area contributed by atoms with Gasteiger partial charge in [-0.3, -0.25) is 0 Å². The van der Waals surface area contributed by atoms with E-state index < -0.39 is 5.97 Å². The normalized spacial score (nSPS) is 14.7. The van der Waals surface area contributed by atoms with Crippen molar-refractivity contribution in [2.24, 2.45) is 5.11 Å². The van der Waals surface area contributed by atoms with Crippen LogP contribution in [0, 0.1) is 0 Å². The number of ether oxygens (including phenoxy) is 1. The number of benzene rings is 1. The molecule has 0 N–H and O–H groups in total. The van der Waals surface area contributed by atoms with Crippen LogP contribution in [0.5, 0.6) is 0 Å². The minimum Gasteiger partial charge on any atom is -0.457 e. The van der Waals surface area contributed by atoms with Crippen LogP contribution in [0.2, 0.25) is 5.02 Å². The van der Waals surface area contributed by atoms with Crippen LogP contribution in [0.1, 0.15) is 5.56 Å². The van der Waals surface area contributed by atoms with Gasteiger partial charge in [0.05, 0.1) is 11.3 Å². The highest BCUT2D eigenvalue weighted by Crippen LogP contribution is 2.27. The molecule has 2 rings (SSSR count). The zero-order valence-electron chi connectivity index (χ0n) is 8.05. The van der Waals surface area contributed by atoms with Crippen LogP contribution in [0.15, 0.2) is 35.1 Å². The fraction of sp³-hybridized carbons (Fsp3) is 0.100. The molecule has 1 heterocycles. The molecule has 80 valence electrons. The average molecular weight is 236 g/mol. The zero-order chi connectivity index (χ0) is 11.5. The van der Waals surface area contributed by atoms with E-state index in [2.05, 4.69) is 10.0 Å². The lowest BCUT2D eigenvalue weighted by atomic mass is 10.1. The Balaban J connectivity index is 2.51. The number of rotatable bonds is 2. The van der Waals surface area contributed by atoms with E-state index in [-0.39, 0.29) is 6.61 Å². The van der Waals surface area contributed by atoms with E-state index >= 15 is 0 Å². The number of hydrogen-bond acceptors (Lipinski definition) is 3. The fourth-order valence-electron chi connectivity index (χ4n) is 1.43. The Morgan fingerprint density at radius 1 is 1.38 bits per heavy atom. The maximum atomic E-state index is 11.4. The minimum absolute atomic E-state index is 0.0147. The molecular formula is C10H6ClN3O2. The molecule has 0 unspecified atom stereocenters. The van der Waals surface area contributed by atoms with Gasteiger partial charge in [-0.05, 0) is 23.2 Å².